The molecule has 186 valence electrons. The molecule has 0 fully saturated rings. The van der Waals surface area contributed by atoms with E-state index in [2.05, 4.69) is 10.1 Å². The normalized spacial score (nSPS) is 11.4. The minimum atomic E-state index is -0.781. The fraction of sp³-hybridized carbons (Fsp3) is 0.250. The van der Waals surface area contributed by atoms with Gasteiger partial charge in [0.2, 0.25) is 5.89 Å². The number of carboxylic acids is 1. The number of aromatic nitrogens is 1. The monoisotopic (exact) mass is 504 g/mol. The SMILES string of the molecule is Cc1oc(-c2cccs2)nc1COc1ccc(CO/N=C(\CCCCC(=O)O)c2ccccc2)cc1. The first kappa shape index (κ1) is 25.2. The second-order valence-corrected chi connectivity index (χ2v) is 9.16. The Morgan fingerprint density at radius 2 is 1.78 bits per heavy atom. The number of carboxylic acid groups (broad SMARTS) is 1. The molecule has 0 unspecified atom stereocenters. The predicted molar refractivity (Wildman–Crippen MR) is 139 cm³/mol. The molecule has 2 aromatic heterocycles. The number of oxime groups is 1. The predicted octanol–water partition coefficient (Wildman–Crippen LogP) is 6.86. The number of carbonyl (C=O) groups is 1. The third kappa shape index (κ3) is 7.29. The molecule has 0 bridgehead atoms. The highest BCUT2D eigenvalue weighted by Crippen LogP contribution is 2.26. The van der Waals surface area contributed by atoms with Crippen LogP contribution in [-0.4, -0.2) is 21.8 Å². The standard InChI is InChI=1S/C28H28N2O5S/c1-20-25(29-28(35-20)26-11-7-17-36-26)19-33-23-15-13-21(14-16-23)18-34-30-24(10-5-6-12-27(31)32)22-8-3-2-4-9-22/h2-4,7-9,11,13-17H,5-6,10,12,18-19H2,1H3,(H,31,32)/b30-24+. The number of aliphatic carboxylic acids is 1. The van der Waals surface area contributed by atoms with Gasteiger partial charge in [0.25, 0.3) is 0 Å². The van der Waals surface area contributed by atoms with Crippen molar-refractivity contribution in [1.82, 2.24) is 4.98 Å². The molecular weight excluding hydrogens is 476 g/mol. The van der Waals surface area contributed by atoms with Crippen molar-refractivity contribution in [1.29, 1.82) is 0 Å². The quantitative estimate of drug-likeness (QED) is 0.121. The number of hydrogen-bond acceptors (Lipinski definition) is 7. The number of oxazole rings is 1. The maximum atomic E-state index is 10.8. The van der Waals surface area contributed by atoms with Crippen LogP contribution in [0.1, 0.15) is 48.3 Å². The van der Waals surface area contributed by atoms with E-state index >= 15 is 0 Å². The largest absolute Gasteiger partial charge is 0.487 e. The summed E-state index contributed by atoms with van der Waals surface area (Å²) in [6.45, 7) is 2.53. The van der Waals surface area contributed by atoms with E-state index in [-0.39, 0.29) is 6.42 Å². The zero-order chi connectivity index (χ0) is 25.2. The Morgan fingerprint density at radius 1 is 1.00 bits per heavy atom. The van der Waals surface area contributed by atoms with Crippen LogP contribution in [-0.2, 0) is 22.8 Å². The molecule has 0 aliphatic carbocycles. The summed E-state index contributed by atoms with van der Waals surface area (Å²) in [6.07, 6.45) is 2.14. The molecule has 0 radical (unpaired) electrons. The van der Waals surface area contributed by atoms with E-state index in [0.717, 1.165) is 45.3 Å². The Morgan fingerprint density at radius 3 is 2.50 bits per heavy atom. The molecule has 2 heterocycles. The number of rotatable bonds is 13. The average Bonchev–Trinajstić information content (AvgIpc) is 3.55. The van der Waals surface area contributed by atoms with E-state index in [1.165, 1.54) is 0 Å². The third-order valence-electron chi connectivity index (χ3n) is 5.49. The molecule has 4 aromatic rings. The van der Waals surface area contributed by atoms with Crippen molar-refractivity contribution < 1.29 is 23.9 Å². The lowest BCUT2D eigenvalue weighted by Crippen LogP contribution is -2.03. The first-order chi connectivity index (χ1) is 17.6. The molecule has 4 rings (SSSR count). The molecule has 1 N–H and O–H groups in total. The molecule has 36 heavy (non-hydrogen) atoms. The molecule has 0 spiro atoms. The first-order valence-electron chi connectivity index (χ1n) is 11.8. The first-order valence-corrected chi connectivity index (χ1v) is 12.6. The highest BCUT2D eigenvalue weighted by atomic mass is 32.1. The van der Waals surface area contributed by atoms with Gasteiger partial charge in [-0.1, -0.05) is 53.7 Å². The minimum Gasteiger partial charge on any atom is -0.487 e. The van der Waals surface area contributed by atoms with Gasteiger partial charge in [-0.15, -0.1) is 11.3 Å². The van der Waals surface area contributed by atoms with Gasteiger partial charge in [-0.25, -0.2) is 4.98 Å². The van der Waals surface area contributed by atoms with Crippen LogP contribution in [0.2, 0.25) is 0 Å². The molecule has 8 heteroatoms. The molecule has 0 aliphatic rings. The minimum absolute atomic E-state index is 0.156. The van der Waals surface area contributed by atoms with Crippen LogP contribution in [0.3, 0.4) is 0 Å². The van der Waals surface area contributed by atoms with E-state index in [1.54, 1.807) is 11.3 Å². The van der Waals surface area contributed by atoms with Gasteiger partial charge >= 0.3 is 5.97 Å². The van der Waals surface area contributed by atoms with Crippen molar-refractivity contribution in [3.8, 4) is 16.5 Å². The van der Waals surface area contributed by atoms with Crippen LogP contribution in [0.5, 0.6) is 5.75 Å². The summed E-state index contributed by atoms with van der Waals surface area (Å²) in [4.78, 5) is 22.0. The van der Waals surface area contributed by atoms with Crippen LogP contribution < -0.4 is 4.74 Å². The summed E-state index contributed by atoms with van der Waals surface area (Å²) in [7, 11) is 0. The summed E-state index contributed by atoms with van der Waals surface area (Å²) in [6, 6.07) is 21.4. The molecule has 0 saturated heterocycles. The molecule has 2 aromatic carbocycles. The number of hydrogen-bond donors (Lipinski definition) is 1. The van der Waals surface area contributed by atoms with Crippen LogP contribution in [0.15, 0.2) is 81.7 Å². The second-order valence-electron chi connectivity index (χ2n) is 8.21. The van der Waals surface area contributed by atoms with Crippen LogP contribution in [0.4, 0.5) is 0 Å². The lowest BCUT2D eigenvalue weighted by molar-refractivity contribution is -0.137. The van der Waals surface area contributed by atoms with Gasteiger partial charge in [-0.3, -0.25) is 4.79 Å². The lowest BCUT2D eigenvalue weighted by Gasteiger charge is -2.08. The summed E-state index contributed by atoms with van der Waals surface area (Å²) in [5.41, 5.74) is 3.52. The number of thiophene rings is 1. The summed E-state index contributed by atoms with van der Waals surface area (Å²) in [5, 5.41) is 15.2. The summed E-state index contributed by atoms with van der Waals surface area (Å²) >= 11 is 1.59. The van der Waals surface area contributed by atoms with E-state index in [1.807, 2.05) is 79.0 Å². The topological polar surface area (TPSA) is 94.2 Å². The number of nitrogens with zero attached hydrogens (tertiary/aromatic N) is 2. The number of benzene rings is 2. The van der Waals surface area contributed by atoms with Crippen molar-refractivity contribution >= 4 is 23.0 Å². The van der Waals surface area contributed by atoms with Gasteiger partial charge < -0.3 is 19.1 Å². The van der Waals surface area contributed by atoms with Crippen molar-refractivity contribution in [2.24, 2.45) is 5.16 Å². The van der Waals surface area contributed by atoms with Crippen LogP contribution in [0.25, 0.3) is 10.8 Å². The Bertz CT molecular complexity index is 1270. The van der Waals surface area contributed by atoms with E-state index in [9.17, 15) is 4.79 Å². The van der Waals surface area contributed by atoms with Gasteiger partial charge in [-0.05, 0) is 60.9 Å². The maximum Gasteiger partial charge on any atom is 0.303 e. The van der Waals surface area contributed by atoms with Crippen molar-refractivity contribution in [3.05, 3.63) is 94.7 Å². The van der Waals surface area contributed by atoms with Crippen LogP contribution in [0, 0.1) is 6.92 Å². The van der Waals surface area contributed by atoms with Gasteiger partial charge in [0.15, 0.2) is 0 Å². The van der Waals surface area contributed by atoms with Gasteiger partial charge in [0, 0.05) is 6.42 Å². The maximum absolute atomic E-state index is 10.8. The Kier molecular flexibility index (Phi) is 8.88. The van der Waals surface area contributed by atoms with Gasteiger partial charge in [0.1, 0.15) is 30.4 Å². The second kappa shape index (κ2) is 12.7. The van der Waals surface area contributed by atoms with E-state index in [0.29, 0.717) is 31.9 Å². The zero-order valence-corrected chi connectivity index (χ0v) is 20.9. The Labute approximate surface area is 214 Å². The third-order valence-corrected chi connectivity index (χ3v) is 6.35. The molecule has 0 aliphatic heterocycles. The molecule has 0 amide bonds. The van der Waals surface area contributed by atoms with Crippen molar-refractivity contribution in [2.45, 2.75) is 45.8 Å². The smallest absolute Gasteiger partial charge is 0.303 e. The number of ether oxygens (including phenoxy) is 1. The zero-order valence-electron chi connectivity index (χ0n) is 20.1. The molecular formula is C28H28N2O5S. The van der Waals surface area contributed by atoms with Crippen molar-refractivity contribution in [2.75, 3.05) is 0 Å². The molecule has 0 saturated carbocycles. The fourth-order valence-electron chi connectivity index (χ4n) is 3.53. The summed E-state index contributed by atoms with van der Waals surface area (Å²) < 4.78 is 11.7. The average molecular weight is 505 g/mol. The van der Waals surface area contributed by atoms with Crippen molar-refractivity contribution in [3.63, 3.8) is 0 Å². The molecule has 7 nitrogen and oxygen atoms in total. The van der Waals surface area contributed by atoms with E-state index < -0.39 is 5.97 Å². The number of unbranched alkanes of at least 4 members (excludes halogenated alkanes) is 1. The lowest BCUT2D eigenvalue weighted by atomic mass is 10.0. The van der Waals surface area contributed by atoms with Crippen LogP contribution >= 0.6 is 11.3 Å². The Hall–Kier alpha value is -3.91. The molecule has 0 atom stereocenters. The number of aryl methyl sites for hydroxylation is 1. The Balaban J connectivity index is 1.30. The van der Waals surface area contributed by atoms with Gasteiger partial charge in [0.05, 0.1) is 10.6 Å². The summed E-state index contributed by atoms with van der Waals surface area (Å²) in [5.74, 6) is 1.31. The highest BCUT2D eigenvalue weighted by Gasteiger charge is 2.13. The van der Waals surface area contributed by atoms with Gasteiger partial charge in [-0.2, -0.15) is 0 Å². The highest BCUT2D eigenvalue weighted by molar-refractivity contribution is 7.13. The fourth-order valence-corrected chi connectivity index (χ4v) is 4.18. The van der Waals surface area contributed by atoms with E-state index in [4.69, 9.17) is 19.1 Å².